The van der Waals surface area contributed by atoms with Crippen molar-refractivity contribution in [3.05, 3.63) is 82.6 Å². The highest BCUT2D eigenvalue weighted by Crippen LogP contribution is 2.30. The van der Waals surface area contributed by atoms with Crippen molar-refractivity contribution in [1.82, 2.24) is 0 Å². The highest BCUT2D eigenvalue weighted by Gasteiger charge is 2.22. The minimum absolute atomic E-state index is 0.0291. The fourth-order valence-electron chi connectivity index (χ4n) is 2.36. The van der Waals surface area contributed by atoms with Crippen LogP contribution in [0.4, 0.5) is 15.8 Å². The Morgan fingerprint density at radius 1 is 0.724 bits per heavy atom. The largest absolute Gasteiger partial charge is 0.277 e. The lowest BCUT2D eigenvalue weighted by atomic mass is 10.3. The molecule has 6 nitrogen and oxygen atoms in total. The van der Waals surface area contributed by atoms with Crippen molar-refractivity contribution in [2.45, 2.75) is 9.79 Å². The average molecular weight is 475 g/mol. The molecule has 0 radical (unpaired) electrons. The Balaban J connectivity index is 1.95. The second-order valence-electron chi connectivity index (χ2n) is 5.79. The summed E-state index contributed by atoms with van der Waals surface area (Å²) in [5, 5.41) is 0.117. The Kier molecular flexibility index (Phi) is 6.04. The summed E-state index contributed by atoms with van der Waals surface area (Å²) in [7, 11) is -8.25. The van der Waals surface area contributed by atoms with Crippen molar-refractivity contribution in [3.8, 4) is 0 Å². The van der Waals surface area contributed by atoms with Gasteiger partial charge in [0.1, 0.15) is 10.7 Å². The minimum atomic E-state index is -4.17. The summed E-state index contributed by atoms with van der Waals surface area (Å²) in [5.41, 5.74) is -0.0622. The molecule has 0 aromatic heterocycles. The van der Waals surface area contributed by atoms with Crippen LogP contribution in [0, 0.1) is 5.82 Å². The van der Waals surface area contributed by atoms with Gasteiger partial charge in [0, 0.05) is 5.02 Å². The van der Waals surface area contributed by atoms with Gasteiger partial charge in [-0.1, -0.05) is 35.3 Å². The molecule has 0 amide bonds. The number of benzene rings is 3. The van der Waals surface area contributed by atoms with Gasteiger partial charge < -0.3 is 0 Å². The van der Waals surface area contributed by atoms with Gasteiger partial charge in [-0.05, 0) is 54.6 Å². The summed E-state index contributed by atoms with van der Waals surface area (Å²) in [6, 6.07) is 13.9. The smallest absolute Gasteiger partial charge is 0.263 e. The molecule has 0 bridgehead atoms. The van der Waals surface area contributed by atoms with Crippen molar-refractivity contribution < 1.29 is 21.2 Å². The van der Waals surface area contributed by atoms with Crippen molar-refractivity contribution in [3.63, 3.8) is 0 Å². The third-order valence-electron chi connectivity index (χ3n) is 3.72. The van der Waals surface area contributed by atoms with Crippen molar-refractivity contribution in [2.75, 3.05) is 9.44 Å². The quantitative estimate of drug-likeness (QED) is 0.539. The maximum absolute atomic E-state index is 13.1. The topological polar surface area (TPSA) is 92.3 Å². The van der Waals surface area contributed by atoms with Crippen LogP contribution >= 0.6 is 23.2 Å². The van der Waals surface area contributed by atoms with E-state index >= 15 is 0 Å². The van der Waals surface area contributed by atoms with E-state index in [2.05, 4.69) is 9.44 Å². The molecule has 0 aliphatic carbocycles. The lowest BCUT2D eigenvalue weighted by Crippen LogP contribution is -2.18. The average Bonchev–Trinajstić information content (AvgIpc) is 2.65. The first-order valence-electron chi connectivity index (χ1n) is 7.94. The second kappa shape index (κ2) is 8.19. The third-order valence-corrected chi connectivity index (χ3v) is 7.19. The molecule has 0 saturated heterocycles. The predicted molar refractivity (Wildman–Crippen MR) is 111 cm³/mol. The molecule has 0 fully saturated rings. The number of anilines is 2. The maximum atomic E-state index is 13.1. The molecule has 11 heteroatoms. The van der Waals surface area contributed by atoms with E-state index in [1.165, 1.54) is 42.5 Å². The summed E-state index contributed by atoms with van der Waals surface area (Å²) in [6.07, 6.45) is 0. The number of sulfonamides is 2. The maximum Gasteiger partial charge on any atom is 0.263 e. The zero-order valence-electron chi connectivity index (χ0n) is 14.4. The molecule has 0 aliphatic rings. The van der Waals surface area contributed by atoms with E-state index in [0.29, 0.717) is 0 Å². The fraction of sp³-hybridized carbons (Fsp3) is 0. The van der Waals surface area contributed by atoms with Gasteiger partial charge in [0.25, 0.3) is 20.0 Å². The van der Waals surface area contributed by atoms with E-state index in [1.54, 1.807) is 0 Å². The van der Waals surface area contributed by atoms with Crippen LogP contribution in [0.25, 0.3) is 0 Å². The predicted octanol–water partition coefficient (Wildman–Crippen LogP) is 4.73. The SMILES string of the molecule is O=S(=O)(Nc1ccccc1NS(=O)(=O)c1cc(Cl)ccc1Cl)c1ccc(F)cc1. The first kappa shape index (κ1) is 21.4. The van der Waals surface area contributed by atoms with Gasteiger partial charge in [0.05, 0.1) is 21.3 Å². The van der Waals surface area contributed by atoms with Crippen LogP contribution in [0.2, 0.25) is 10.0 Å². The highest BCUT2D eigenvalue weighted by molar-refractivity contribution is 7.93. The van der Waals surface area contributed by atoms with Crippen LogP contribution in [0.15, 0.2) is 76.5 Å². The van der Waals surface area contributed by atoms with Crippen LogP contribution in [-0.4, -0.2) is 16.8 Å². The van der Waals surface area contributed by atoms with Gasteiger partial charge in [-0.2, -0.15) is 0 Å². The highest BCUT2D eigenvalue weighted by atomic mass is 35.5. The van der Waals surface area contributed by atoms with Crippen LogP contribution in [0.1, 0.15) is 0 Å². The van der Waals surface area contributed by atoms with Crippen LogP contribution in [0.3, 0.4) is 0 Å². The van der Waals surface area contributed by atoms with E-state index in [9.17, 15) is 21.2 Å². The molecule has 3 rings (SSSR count). The minimum Gasteiger partial charge on any atom is -0.277 e. The van der Waals surface area contributed by atoms with Gasteiger partial charge in [-0.15, -0.1) is 0 Å². The van der Waals surface area contributed by atoms with Crippen molar-refractivity contribution in [2.24, 2.45) is 0 Å². The Morgan fingerprint density at radius 2 is 1.28 bits per heavy atom. The summed E-state index contributed by atoms with van der Waals surface area (Å²) >= 11 is 11.8. The molecule has 0 spiro atoms. The number of hydrogen-bond acceptors (Lipinski definition) is 4. The van der Waals surface area contributed by atoms with E-state index in [0.717, 1.165) is 24.3 Å². The van der Waals surface area contributed by atoms with E-state index < -0.39 is 25.9 Å². The lowest BCUT2D eigenvalue weighted by molar-refractivity contribution is 0.598. The van der Waals surface area contributed by atoms with Gasteiger partial charge in [0.2, 0.25) is 0 Å². The molecule has 0 atom stereocenters. The normalized spacial score (nSPS) is 11.8. The zero-order chi connectivity index (χ0) is 21.2. The molecule has 0 saturated carbocycles. The summed E-state index contributed by atoms with van der Waals surface area (Å²) in [4.78, 5) is -0.447. The molecular weight excluding hydrogens is 462 g/mol. The van der Waals surface area contributed by atoms with Crippen LogP contribution in [0.5, 0.6) is 0 Å². The first-order chi connectivity index (χ1) is 13.6. The standard InChI is InChI=1S/C18H13Cl2FN2O4S2/c19-12-5-10-15(20)18(11-12)29(26,27)23-17-4-2-1-3-16(17)22-28(24,25)14-8-6-13(21)7-9-14/h1-11,22-23H. The molecular formula is C18H13Cl2FN2O4S2. The Bertz CT molecular complexity index is 1270. The molecule has 2 N–H and O–H groups in total. The van der Waals surface area contributed by atoms with Gasteiger partial charge in [0.15, 0.2) is 0 Å². The van der Waals surface area contributed by atoms with E-state index in [4.69, 9.17) is 23.2 Å². The van der Waals surface area contributed by atoms with Crippen molar-refractivity contribution in [1.29, 1.82) is 0 Å². The number of halogens is 3. The molecule has 152 valence electrons. The number of nitrogens with one attached hydrogen (secondary N) is 2. The molecule has 0 unspecified atom stereocenters. The number of para-hydroxylation sites is 2. The Morgan fingerprint density at radius 3 is 1.86 bits per heavy atom. The summed E-state index contributed by atoms with van der Waals surface area (Å²) in [5.74, 6) is -0.587. The molecule has 0 heterocycles. The second-order valence-corrected chi connectivity index (χ2v) is 9.96. The third kappa shape index (κ3) is 4.99. The van der Waals surface area contributed by atoms with Gasteiger partial charge in [-0.25, -0.2) is 21.2 Å². The molecule has 29 heavy (non-hydrogen) atoms. The summed E-state index contributed by atoms with van der Waals surface area (Å²) in [6.45, 7) is 0. The van der Waals surface area contributed by atoms with Crippen LogP contribution in [-0.2, 0) is 20.0 Å². The van der Waals surface area contributed by atoms with Crippen LogP contribution < -0.4 is 9.44 Å². The molecule has 0 aliphatic heterocycles. The lowest BCUT2D eigenvalue weighted by Gasteiger charge is -2.15. The van der Waals surface area contributed by atoms with Gasteiger partial charge >= 0.3 is 0 Å². The van der Waals surface area contributed by atoms with Crippen molar-refractivity contribution >= 4 is 54.6 Å². The summed E-state index contributed by atoms with van der Waals surface area (Å²) < 4.78 is 68.2. The Labute approximate surface area is 177 Å². The monoisotopic (exact) mass is 474 g/mol. The molecule has 3 aromatic carbocycles. The van der Waals surface area contributed by atoms with E-state index in [-0.39, 0.29) is 31.2 Å². The van der Waals surface area contributed by atoms with E-state index in [1.807, 2.05) is 0 Å². The zero-order valence-corrected chi connectivity index (χ0v) is 17.6. The molecule has 3 aromatic rings. The fourth-order valence-corrected chi connectivity index (χ4v) is 5.28. The number of rotatable bonds is 6. The Hall–Kier alpha value is -2.33. The first-order valence-corrected chi connectivity index (χ1v) is 11.7. The number of hydrogen-bond donors (Lipinski definition) is 2. The van der Waals surface area contributed by atoms with Gasteiger partial charge in [-0.3, -0.25) is 9.44 Å².